The molecule has 0 fully saturated rings. The first kappa shape index (κ1) is 23.5. The highest BCUT2D eigenvalue weighted by Gasteiger charge is 2.43. The van der Waals surface area contributed by atoms with Gasteiger partial charge < -0.3 is 0 Å². The van der Waals surface area contributed by atoms with Crippen molar-refractivity contribution in [2.24, 2.45) is 0 Å². The minimum absolute atomic E-state index is 0.166. The molecular formula is C29H42S. The summed E-state index contributed by atoms with van der Waals surface area (Å²) < 4.78 is 0. The molecule has 1 heteroatoms. The van der Waals surface area contributed by atoms with Gasteiger partial charge in [0.15, 0.2) is 0 Å². The van der Waals surface area contributed by atoms with Crippen molar-refractivity contribution >= 4 is 12.6 Å². The minimum atomic E-state index is 0.166. The Morgan fingerprint density at radius 3 is 1.77 bits per heavy atom. The maximum atomic E-state index is 4.99. The second-order valence-corrected chi connectivity index (χ2v) is 9.84. The fraction of sp³-hybridized carbons (Fsp3) is 0.586. The van der Waals surface area contributed by atoms with E-state index in [1.165, 1.54) is 111 Å². The van der Waals surface area contributed by atoms with E-state index in [9.17, 15) is 0 Å². The van der Waals surface area contributed by atoms with Gasteiger partial charge >= 0.3 is 0 Å². The van der Waals surface area contributed by atoms with Crippen LogP contribution in [0.4, 0.5) is 0 Å². The molecule has 0 aromatic heterocycles. The van der Waals surface area contributed by atoms with Crippen LogP contribution in [0.25, 0.3) is 11.1 Å². The van der Waals surface area contributed by atoms with E-state index >= 15 is 0 Å². The number of benzene rings is 2. The number of fused-ring (bicyclic) bond motifs is 3. The number of thiol groups is 1. The van der Waals surface area contributed by atoms with Crippen LogP contribution < -0.4 is 0 Å². The molecule has 0 saturated carbocycles. The number of hydrogen-bond donors (Lipinski definition) is 1. The van der Waals surface area contributed by atoms with Gasteiger partial charge in [0.2, 0.25) is 0 Å². The topological polar surface area (TPSA) is 0 Å². The molecule has 0 aliphatic heterocycles. The Bertz CT molecular complexity index is 760. The van der Waals surface area contributed by atoms with Crippen LogP contribution in [0.3, 0.4) is 0 Å². The Morgan fingerprint density at radius 1 is 0.600 bits per heavy atom. The van der Waals surface area contributed by atoms with E-state index in [1.54, 1.807) is 5.56 Å². The lowest BCUT2D eigenvalue weighted by Gasteiger charge is -2.33. The highest BCUT2D eigenvalue weighted by atomic mass is 32.1. The van der Waals surface area contributed by atoms with Crippen LogP contribution in [0.2, 0.25) is 0 Å². The maximum absolute atomic E-state index is 4.99. The summed E-state index contributed by atoms with van der Waals surface area (Å²) in [5.74, 6) is 0. The zero-order chi connectivity index (χ0) is 21.2. The van der Waals surface area contributed by atoms with Crippen LogP contribution in [-0.2, 0) is 5.41 Å². The van der Waals surface area contributed by atoms with Gasteiger partial charge in [-0.05, 0) is 41.2 Å². The minimum Gasteiger partial charge on any atom is -0.143 e. The van der Waals surface area contributed by atoms with Crippen molar-refractivity contribution in [1.82, 2.24) is 0 Å². The monoisotopic (exact) mass is 422 g/mol. The summed E-state index contributed by atoms with van der Waals surface area (Å²) in [6.45, 7) is 4.60. The van der Waals surface area contributed by atoms with Crippen LogP contribution in [0, 0.1) is 0 Å². The average Bonchev–Trinajstić information content (AvgIpc) is 3.05. The molecule has 30 heavy (non-hydrogen) atoms. The number of unbranched alkanes of at least 4 members (excludes halogenated alkanes) is 10. The summed E-state index contributed by atoms with van der Waals surface area (Å²) in [4.78, 5) is 1.20. The molecule has 0 radical (unpaired) electrons. The lowest BCUT2D eigenvalue weighted by Crippen LogP contribution is -2.26. The Morgan fingerprint density at radius 2 is 1.13 bits per heavy atom. The SMILES string of the molecule is CCCCCCCCC1(CCCCCCCC)c2ccccc2-c2cccc(S)c21. The predicted molar refractivity (Wildman–Crippen MR) is 136 cm³/mol. The fourth-order valence-electron chi connectivity index (χ4n) is 5.60. The Kier molecular flexibility index (Phi) is 9.37. The largest absolute Gasteiger partial charge is 0.143 e. The Hall–Kier alpha value is -1.21. The van der Waals surface area contributed by atoms with Gasteiger partial charge in [0.25, 0.3) is 0 Å². The number of rotatable bonds is 14. The molecule has 0 atom stereocenters. The first-order chi connectivity index (χ1) is 14.7. The smallest absolute Gasteiger partial charge is 0.0226 e. The zero-order valence-electron chi connectivity index (χ0n) is 19.4. The van der Waals surface area contributed by atoms with E-state index in [-0.39, 0.29) is 5.41 Å². The van der Waals surface area contributed by atoms with Gasteiger partial charge in [-0.3, -0.25) is 0 Å². The second-order valence-electron chi connectivity index (χ2n) is 9.36. The highest BCUT2D eigenvalue weighted by Crippen LogP contribution is 2.55. The van der Waals surface area contributed by atoms with Crippen molar-refractivity contribution in [3.63, 3.8) is 0 Å². The molecule has 164 valence electrons. The van der Waals surface area contributed by atoms with Gasteiger partial charge in [-0.25, -0.2) is 0 Å². The summed E-state index contributed by atoms with van der Waals surface area (Å²) in [7, 11) is 0. The van der Waals surface area contributed by atoms with Crippen LogP contribution >= 0.6 is 12.6 Å². The third-order valence-corrected chi connectivity index (χ3v) is 7.54. The van der Waals surface area contributed by atoms with Crippen molar-refractivity contribution in [2.75, 3.05) is 0 Å². The lowest BCUT2D eigenvalue weighted by atomic mass is 9.70. The van der Waals surface area contributed by atoms with Crippen molar-refractivity contribution in [1.29, 1.82) is 0 Å². The van der Waals surface area contributed by atoms with Gasteiger partial charge in [-0.1, -0.05) is 127 Å². The molecule has 0 unspecified atom stereocenters. The molecule has 3 rings (SSSR count). The van der Waals surface area contributed by atoms with Crippen LogP contribution in [0.15, 0.2) is 47.4 Å². The summed E-state index contributed by atoms with van der Waals surface area (Å²) in [6, 6.07) is 15.9. The third kappa shape index (κ3) is 5.34. The molecule has 0 nitrogen and oxygen atoms in total. The molecule has 0 bridgehead atoms. The second kappa shape index (κ2) is 12.0. The Balaban J connectivity index is 1.81. The molecule has 0 N–H and O–H groups in total. The molecule has 0 spiro atoms. The van der Waals surface area contributed by atoms with Crippen molar-refractivity contribution in [2.45, 2.75) is 114 Å². The van der Waals surface area contributed by atoms with E-state index in [4.69, 9.17) is 12.6 Å². The fourth-order valence-corrected chi connectivity index (χ4v) is 6.02. The standard InChI is InChI=1S/C29H42S/c1-3-5-7-9-11-15-22-29(23-16-12-10-8-6-4-2)26-20-14-13-18-24(26)25-19-17-21-27(30)28(25)29/h13-14,17-21,30H,3-12,15-16,22-23H2,1-2H3. The summed E-state index contributed by atoms with van der Waals surface area (Å²) in [5.41, 5.74) is 6.16. The molecule has 1 aliphatic carbocycles. The van der Waals surface area contributed by atoms with Gasteiger partial charge in [0.1, 0.15) is 0 Å². The zero-order valence-corrected chi connectivity index (χ0v) is 20.3. The van der Waals surface area contributed by atoms with Crippen molar-refractivity contribution in [3.8, 4) is 11.1 Å². The van der Waals surface area contributed by atoms with Crippen LogP contribution in [-0.4, -0.2) is 0 Å². The van der Waals surface area contributed by atoms with Crippen LogP contribution in [0.1, 0.15) is 115 Å². The van der Waals surface area contributed by atoms with E-state index in [1.807, 2.05) is 0 Å². The van der Waals surface area contributed by atoms with E-state index in [2.05, 4.69) is 56.3 Å². The van der Waals surface area contributed by atoms with Crippen molar-refractivity contribution < 1.29 is 0 Å². The quantitative estimate of drug-likeness (QED) is 0.227. The van der Waals surface area contributed by atoms with Gasteiger partial charge in [-0.2, -0.15) is 0 Å². The summed E-state index contributed by atoms with van der Waals surface area (Å²) in [6.07, 6.45) is 18.9. The van der Waals surface area contributed by atoms with E-state index in [0.29, 0.717) is 0 Å². The van der Waals surface area contributed by atoms with E-state index in [0.717, 1.165) is 0 Å². The molecule has 0 amide bonds. The average molecular weight is 423 g/mol. The predicted octanol–water partition coefficient (Wildman–Crippen LogP) is 9.74. The van der Waals surface area contributed by atoms with Crippen molar-refractivity contribution in [3.05, 3.63) is 53.6 Å². The molecular weight excluding hydrogens is 380 g/mol. The summed E-state index contributed by atoms with van der Waals surface area (Å²) in [5, 5.41) is 0. The maximum Gasteiger partial charge on any atom is 0.0226 e. The first-order valence-corrected chi connectivity index (χ1v) is 13.1. The first-order valence-electron chi connectivity index (χ1n) is 12.7. The molecule has 2 aromatic rings. The Labute approximate surface area is 191 Å². The molecule has 1 aliphatic rings. The third-order valence-electron chi connectivity index (χ3n) is 7.17. The molecule has 2 aromatic carbocycles. The van der Waals surface area contributed by atoms with Crippen LogP contribution in [0.5, 0.6) is 0 Å². The van der Waals surface area contributed by atoms with Gasteiger partial charge in [0, 0.05) is 10.3 Å². The lowest BCUT2D eigenvalue weighted by molar-refractivity contribution is 0.393. The highest BCUT2D eigenvalue weighted by molar-refractivity contribution is 7.80. The number of hydrogen-bond acceptors (Lipinski definition) is 1. The van der Waals surface area contributed by atoms with Gasteiger partial charge in [-0.15, -0.1) is 12.6 Å². The molecule has 0 heterocycles. The normalized spacial score (nSPS) is 14.0. The summed E-state index contributed by atoms with van der Waals surface area (Å²) >= 11 is 4.99. The van der Waals surface area contributed by atoms with E-state index < -0.39 is 0 Å². The molecule has 0 saturated heterocycles. The van der Waals surface area contributed by atoms with Gasteiger partial charge in [0.05, 0.1) is 0 Å².